The van der Waals surface area contributed by atoms with Gasteiger partial charge >= 0.3 is 0 Å². The van der Waals surface area contributed by atoms with E-state index in [0.29, 0.717) is 23.2 Å². The van der Waals surface area contributed by atoms with Crippen LogP contribution in [0, 0.1) is 11.3 Å². The third-order valence-electron chi connectivity index (χ3n) is 3.73. The van der Waals surface area contributed by atoms with E-state index < -0.39 is 0 Å². The van der Waals surface area contributed by atoms with Crippen molar-refractivity contribution >= 4 is 5.91 Å². The number of benzene rings is 1. The molecule has 2 atom stereocenters. The fourth-order valence-electron chi connectivity index (χ4n) is 2.71. The Morgan fingerprint density at radius 2 is 2.28 bits per heavy atom. The van der Waals surface area contributed by atoms with Crippen molar-refractivity contribution in [2.75, 3.05) is 0 Å². The van der Waals surface area contributed by atoms with Gasteiger partial charge in [0, 0.05) is 17.6 Å². The smallest absolute Gasteiger partial charge is 0.254 e. The highest BCUT2D eigenvalue weighted by Gasteiger charge is 2.33. The second kappa shape index (κ2) is 5.22. The average molecular weight is 242 g/mol. The maximum atomic E-state index is 12.5. The van der Waals surface area contributed by atoms with Crippen molar-refractivity contribution in [2.24, 2.45) is 0 Å². The molecule has 3 nitrogen and oxygen atoms in total. The van der Waals surface area contributed by atoms with Crippen molar-refractivity contribution in [3.05, 3.63) is 35.4 Å². The molecule has 1 aliphatic heterocycles. The minimum Gasteiger partial charge on any atom is -0.333 e. The van der Waals surface area contributed by atoms with Gasteiger partial charge in [-0.05, 0) is 44.4 Å². The van der Waals surface area contributed by atoms with Crippen LogP contribution in [0.2, 0.25) is 0 Å². The fraction of sp³-hybridized carbons (Fsp3) is 0.467. The predicted molar refractivity (Wildman–Crippen MR) is 70.1 cm³/mol. The van der Waals surface area contributed by atoms with Gasteiger partial charge in [0.05, 0.1) is 11.6 Å². The van der Waals surface area contributed by atoms with Gasteiger partial charge in [0.1, 0.15) is 0 Å². The Kier molecular flexibility index (Phi) is 3.66. The SMILES string of the molecule is CCC1CCC(C)N1C(=O)c1cccc(C#N)c1. The monoisotopic (exact) mass is 242 g/mol. The topological polar surface area (TPSA) is 44.1 Å². The molecule has 0 N–H and O–H groups in total. The second-order valence-electron chi connectivity index (χ2n) is 4.89. The molecule has 0 aromatic heterocycles. The van der Waals surface area contributed by atoms with Crippen molar-refractivity contribution in [1.29, 1.82) is 5.26 Å². The summed E-state index contributed by atoms with van der Waals surface area (Å²) < 4.78 is 0. The molecule has 2 rings (SSSR count). The van der Waals surface area contributed by atoms with E-state index in [-0.39, 0.29) is 5.91 Å². The number of nitrogens with zero attached hydrogens (tertiary/aromatic N) is 2. The van der Waals surface area contributed by atoms with Gasteiger partial charge in [-0.1, -0.05) is 13.0 Å². The average Bonchev–Trinajstić information content (AvgIpc) is 2.79. The highest BCUT2D eigenvalue weighted by molar-refractivity contribution is 5.95. The number of carbonyl (C=O) groups is 1. The molecule has 1 amide bonds. The summed E-state index contributed by atoms with van der Waals surface area (Å²) in [5.74, 6) is 0.0592. The van der Waals surface area contributed by atoms with Crippen LogP contribution in [0.3, 0.4) is 0 Å². The first-order chi connectivity index (χ1) is 8.67. The largest absolute Gasteiger partial charge is 0.333 e. The lowest BCUT2D eigenvalue weighted by Crippen LogP contribution is -2.39. The molecule has 3 heteroatoms. The van der Waals surface area contributed by atoms with E-state index in [4.69, 9.17) is 5.26 Å². The number of nitriles is 1. The third kappa shape index (κ3) is 2.24. The standard InChI is InChI=1S/C15H18N2O/c1-3-14-8-7-11(2)17(14)15(18)13-6-4-5-12(9-13)10-16/h4-6,9,11,14H,3,7-8H2,1-2H3. The Hall–Kier alpha value is -1.82. The minimum atomic E-state index is 0.0592. The van der Waals surface area contributed by atoms with Crippen LogP contribution in [0.25, 0.3) is 0 Å². The number of hydrogen-bond acceptors (Lipinski definition) is 2. The highest BCUT2D eigenvalue weighted by Crippen LogP contribution is 2.27. The number of likely N-dealkylation sites (tertiary alicyclic amines) is 1. The molecule has 0 aliphatic carbocycles. The Balaban J connectivity index is 2.27. The first kappa shape index (κ1) is 12.6. The summed E-state index contributed by atoms with van der Waals surface area (Å²) in [7, 11) is 0. The summed E-state index contributed by atoms with van der Waals surface area (Å²) in [4.78, 5) is 14.5. The summed E-state index contributed by atoms with van der Waals surface area (Å²) in [6.45, 7) is 4.22. The van der Waals surface area contributed by atoms with Crippen molar-refractivity contribution in [1.82, 2.24) is 4.90 Å². The first-order valence-electron chi connectivity index (χ1n) is 6.50. The molecule has 0 bridgehead atoms. The Morgan fingerprint density at radius 1 is 1.50 bits per heavy atom. The van der Waals surface area contributed by atoms with Crippen molar-refractivity contribution in [3.8, 4) is 6.07 Å². The van der Waals surface area contributed by atoms with Gasteiger partial charge in [0.2, 0.25) is 0 Å². The van der Waals surface area contributed by atoms with Crippen LogP contribution in [0.15, 0.2) is 24.3 Å². The normalized spacial score (nSPS) is 22.8. The molecule has 0 saturated carbocycles. The number of rotatable bonds is 2. The first-order valence-corrected chi connectivity index (χ1v) is 6.50. The van der Waals surface area contributed by atoms with Crippen molar-refractivity contribution in [2.45, 2.75) is 45.2 Å². The second-order valence-corrected chi connectivity index (χ2v) is 4.89. The zero-order chi connectivity index (χ0) is 13.1. The molecule has 1 saturated heterocycles. The number of amides is 1. The van der Waals surface area contributed by atoms with E-state index in [1.54, 1.807) is 24.3 Å². The van der Waals surface area contributed by atoms with E-state index >= 15 is 0 Å². The molecule has 1 aromatic rings. The van der Waals surface area contributed by atoms with Crippen LogP contribution in [0.1, 0.15) is 49.0 Å². The Labute approximate surface area is 108 Å². The lowest BCUT2D eigenvalue weighted by atomic mass is 10.1. The van der Waals surface area contributed by atoms with Crippen molar-refractivity contribution in [3.63, 3.8) is 0 Å². The molecule has 18 heavy (non-hydrogen) atoms. The van der Waals surface area contributed by atoms with Gasteiger partial charge in [-0.3, -0.25) is 4.79 Å². The molecule has 2 unspecified atom stereocenters. The van der Waals surface area contributed by atoms with Gasteiger partial charge in [0.25, 0.3) is 5.91 Å². The molecule has 0 spiro atoms. The fourth-order valence-corrected chi connectivity index (χ4v) is 2.71. The minimum absolute atomic E-state index is 0.0592. The van der Waals surface area contributed by atoms with Gasteiger partial charge in [-0.25, -0.2) is 0 Å². The molecule has 94 valence electrons. The van der Waals surface area contributed by atoms with Crippen LogP contribution in [0.4, 0.5) is 0 Å². The van der Waals surface area contributed by atoms with E-state index in [1.807, 2.05) is 4.90 Å². The predicted octanol–water partition coefficient (Wildman–Crippen LogP) is 2.96. The summed E-state index contributed by atoms with van der Waals surface area (Å²) in [5.41, 5.74) is 1.17. The lowest BCUT2D eigenvalue weighted by molar-refractivity contribution is 0.0676. The number of carbonyl (C=O) groups excluding carboxylic acids is 1. The summed E-state index contributed by atoms with van der Waals surface area (Å²) in [6, 6.07) is 9.69. The highest BCUT2D eigenvalue weighted by atomic mass is 16.2. The summed E-state index contributed by atoms with van der Waals surface area (Å²) in [5, 5.41) is 8.88. The van der Waals surface area contributed by atoms with Crippen LogP contribution >= 0.6 is 0 Å². The van der Waals surface area contributed by atoms with Gasteiger partial charge in [0.15, 0.2) is 0 Å². The van der Waals surface area contributed by atoms with E-state index in [9.17, 15) is 4.79 Å². The maximum absolute atomic E-state index is 12.5. The molecular formula is C15H18N2O. The maximum Gasteiger partial charge on any atom is 0.254 e. The molecular weight excluding hydrogens is 224 g/mol. The van der Waals surface area contributed by atoms with Crippen molar-refractivity contribution < 1.29 is 4.79 Å². The Bertz CT molecular complexity index is 490. The van der Waals surface area contributed by atoms with Crippen LogP contribution in [-0.4, -0.2) is 22.9 Å². The molecule has 0 radical (unpaired) electrons. The summed E-state index contributed by atoms with van der Waals surface area (Å²) in [6.07, 6.45) is 3.15. The molecule has 1 aliphatic rings. The molecule has 1 aromatic carbocycles. The Morgan fingerprint density at radius 3 is 2.94 bits per heavy atom. The van der Waals surface area contributed by atoms with Gasteiger partial charge in [-0.15, -0.1) is 0 Å². The zero-order valence-electron chi connectivity index (χ0n) is 10.9. The number of hydrogen-bond donors (Lipinski definition) is 0. The quantitative estimate of drug-likeness (QED) is 0.800. The van der Waals surface area contributed by atoms with E-state index in [2.05, 4.69) is 19.9 Å². The van der Waals surface area contributed by atoms with E-state index in [1.165, 1.54) is 0 Å². The van der Waals surface area contributed by atoms with E-state index in [0.717, 1.165) is 19.3 Å². The lowest BCUT2D eigenvalue weighted by Gasteiger charge is -2.28. The third-order valence-corrected chi connectivity index (χ3v) is 3.73. The molecule has 1 fully saturated rings. The van der Waals surface area contributed by atoms with Gasteiger partial charge in [-0.2, -0.15) is 5.26 Å². The van der Waals surface area contributed by atoms with Crippen LogP contribution in [-0.2, 0) is 0 Å². The molecule has 1 heterocycles. The van der Waals surface area contributed by atoms with Crippen LogP contribution < -0.4 is 0 Å². The van der Waals surface area contributed by atoms with Crippen LogP contribution in [0.5, 0.6) is 0 Å². The van der Waals surface area contributed by atoms with Gasteiger partial charge < -0.3 is 4.90 Å². The summed E-state index contributed by atoms with van der Waals surface area (Å²) >= 11 is 0. The zero-order valence-corrected chi connectivity index (χ0v) is 10.9.